The molecule has 1 heterocycles. The second-order valence-corrected chi connectivity index (χ2v) is 6.74. The van der Waals surface area contributed by atoms with Crippen LogP contribution >= 0.6 is 23.1 Å². The van der Waals surface area contributed by atoms with Crippen LogP contribution in [0, 0.1) is 13.8 Å². The third kappa shape index (κ3) is 3.34. The number of nitrogens with two attached hydrogens (primary N) is 1. The molecule has 0 aliphatic carbocycles. The summed E-state index contributed by atoms with van der Waals surface area (Å²) < 4.78 is 0. The maximum absolute atomic E-state index is 5.89. The van der Waals surface area contributed by atoms with Gasteiger partial charge in [0.1, 0.15) is 5.01 Å². The number of hydrogen-bond acceptors (Lipinski definition) is 4. The van der Waals surface area contributed by atoms with Crippen molar-refractivity contribution < 1.29 is 0 Å². The minimum absolute atomic E-state index is 0.0925. The molecule has 0 saturated heterocycles. The first-order valence-electron chi connectivity index (χ1n) is 5.97. The first kappa shape index (κ1) is 13.6. The van der Waals surface area contributed by atoms with Crippen LogP contribution in [0.1, 0.15) is 34.1 Å². The quantitative estimate of drug-likeness (QED) is 0.857. The number of hydrogen-bond donors (Lipinski definition) is 1. The van der Waals surface area contributed by atoms with E-state index >= 15 is 0 Å². The topological polar surface area (TPSA) is 38.9 Å². The van der Waals surface area contributed by atoms with E-state index in [2.05, 4.69) is 43.1 Å². The molecule has 0 aliphatic heterocycles. The lowest BCUT2D eigenvalue weighted by Crippen LogP contribution is -2.04. The molecule has 1 aromatic heterocycles. The first-order chi connectivity index (χ1) is 8.56. The number of aromatic nitrogens is 1. The third-order valence-electron chi connectivity index (χ3n) is 2.82. The molecular weight excluding hydrogens is 260 g/mol. The van der Waals surface area contributed by atoms with Crippen LogP contribution < -0.4 is 5.73 Å². The van der Waals surface area contributed by atoms with Crippen molar-refractivity contribution in [3.63, 3.8) is 0 Å². The summed E-state index contributed by atoms with van der Waals surface area (Å²) in [5.74, 6) is 0.932. The van der Waals surface area contributed by atoms with Gasteiger partial charge in [0.2, 0.25) is 0 Å². The van der Waals surface area contributed by atoms with Crippen molar-refractivity contribution in [3.05, 3.63) is 45.4 Å². The van der Waals surface area contributed by atoms with Crippen molar-refractivity contribution >= 4 is 23.1 Å². The molecule has 2 aromatic rings. The molecular formula is C14H18N2S2. The van der Waals surface area contributed by atoms with E-state index in [1.807, 2.05) is 18.7 Å². The highest BCUT2D eigenvalue weighted by Crippen LogP contribution is 2.27. The summed E-state index contributed by atoms with van der Waals surface area (Å²) in [6, 6.07) is 8.54. The molecule has 0 bridgehead atoms. The predicted octanol–water partition coefficient (Wildman–Crippen LogP) is 4.07. The van der Waals surface area contributed by atoms with E-state index in [1.54, 1.807) is 11.3 Å². The van der Waals surface area contributed by atoms with E-state index in [9.17, 15) is 0 Å². The van der Waals surface area contributed by atoms with Gasteiger partial charge in [-0.3, -0.25) is 0 Å². The Balaban J connectivity index is 2.03. The molecule has 2 rings (SSSR count). The molecule has 2 N–H and O–H groups in total. The number of rotatable bonds is 4. The fourth-order valence-electron chi connectivity index (χ4n) is 1.63. The maximum atomic E-state index is 5.89. The zero-order valence-corrected chi connectivity index (χ0v) is 12.6. The van der Waals surface area contributed by atoms with Gasteiger partial charge in [-0.25, -0.2) is 4.98 Å². The van der Waals surface area contributed by atoms with Gasteiger partial charge in [-0.15, -0.1) is 23.1 Å². The van der Waals surface area contributed by atoms with E-state index in [1.165, 1.54) is 20.3 Å². The average molecular weight is 278 g/mol. The zero-order valence-electron chi connectivity index (χ0n) is 10.9. The molecule has 0 fully saturated rings. The van der Waals surface area contributed by atoms with Gasteiger partial charge in [0.25, 0.3) is 0 Å². The second kappa shape index (κ2) is 5.87. The van der Waals surface area contributed by atoms with Gasteiger partial charge in [-0.05, 0) is 38.5 Å². The van der Waals surface area contributed by atoms with Gasteiger partial charge < -0.3 is 5.73 Å². The van der Waals surface area contributed by atoms with E-state index < -0.39 is 0 Å². The van der Waals surface area contributed by atoms with E-state index in [0.29, 0.717) is 0 Å². The number of benzene rings is 1. The van der Waals surface area contributed by atoms with Gasteiger partial charge in [-0.1, -0.05) is 12.1 Å². The molecule has 0 amide bonds. The number of thioether (sulfide) groups is 1. The van der Waals surface area contributed by atoms with Gasteiger partial charge >= 0.3 is 0 Å². The van der Waals surface area contributed by atoms with Crippen LogP contribution in [-0.2, 0) is 5.75 Å². The number of aryl methyl sites for hydroxylation is 2. The predicted molar refractivity (Wildman–Crippen MR) is 80.2 cm³/mol. The summed E-state index contributed by atoms with van der Waals surface area (Å²) >= 11 is 3.61. The molecule has 0 spiro atoms. The Morgan fingerprint density at radius 3 is 2.78 bits per heavy atom. The highest BCUT2D eigenvalue weighted by molar-refractivity contribution is 7.98. The molecule has 1 atom stereocenters. The van der Waals surface area contributed by atoms with Crippen LogP contribution in [0.2, 0.25) is 0 Å². The van der Waals surface area contributed by atoms with E-state index in [0.717, 1.165) is 11.4 Å². The van der Waals surface area contributed by atoms with Crippen LogP contribution in [0.3, 0.4) is 0 Å². The fourth-order valence-corrected chi connectivity index (χ4v) is 3.52. The number of nitrogens with zero attached hydrogens (tertiary/aromatic N) is 1. The summed E-state index contributed by atoms with van der Waals surface area (Å²) in [6.07, 6.45) is 0. The van der Waals surface area contributed by atoms with E-state index in [-0.39, 0.29) is 6.04 Å². The van der Waals surface area contributed by atoms with Crippen molar-refractivity contribution in [2.45, 2.75) is 37.5 Å². The maximum Gasteiger partial charge on any atom is 0.103 e. The molecule has 0 saturated carbocycles. The molecule has 0 radical (unpaired) electrons. The average Bonchev–Trinajstić information content (AvgIpc) is 2.67. The summed E-state index contributed by atoms with van der Waals surface area (Å²) in [5, 5.41) is 1.20. The SMILES string of the molecule is Cc1nc(CSc2cccc(C(C)N)c2)sc1C. The molecule has 18 heavy (non-hydrogen) atoms. The highest BCUT2D eigenvalue weighted by atomic mass is 32.2. The van der Waals surface area contributed by atoms with Crippen molar-refractivity contribution in [1.82, 2.24) is 4.98 Å². The Kier molecular flexibility index (Phi) is 4.43. The Morgan fingerprint density at radius 2 is 2.17 bits per heavy atom. The van der Waals surface area contributed by atoms with Crippen LogP contribution in [-0.4, -0.2) is 4.98 Å². The minimum Gasteiger partial charge on any atom is -0.324 e. The zero-order chi connectivity index (χ0) is 13.1. The molecule has 2 nitrogen and oxygen atoms in total. The Hall–Kier alpha value is -0.840. The lowest BCUT2D eigenvalue weighted by molar-refractivity contribution is 0.815. The van der Waals surface area contributed by atoms with Crippen molar-refractivity contribution in [2.75, 3.05) is 0 Å². The lowest BCUT2D eigenvalue weighted by Gasteiger charge is -2.07. The van der Waals surface area contributed by atoms with Crippen molar-refractivity contribution in [2.24, 2.45) is 5.73 Å². The summed E-state index contributed by atoms with van der Waals surface area (Å²) in [6.45, 7) is 6.20. The van der Waals surface area contributed by atoms with Gasteiger partial charge in [0, 0.05) is 15.8 Å². The van der Waals surface area contributed by atoms with Gasteiger partial charge in [-0.2, -0.15) is 0 Å². The lowest BCUT2D eigenvalue weighted by atomic mass is 10.1. The van der Waals surface area contributed by atoms with Crippen LogP contribution in [0.15, 0.2) is 29.2 Å². The highest BCUT2D eigenvalue weighted by Gasteiger charge is 2.05. The smallest absolute Gasteiger partial charge is 0.103 e. The molecule has 4 heteroatoms. The minimum atomic E-state index is 0.0925. The number of thiazole rings is 1. The Labute approximate surface area is 117 Å². The molecule has 1 aromatic carbocycles. The van der Waals surface area contributed by atoms with Gasteiger partial charge in [0.05, 0.1) is 11.4 Å². The van der Waals surface area contributed by atoms with Crippen molar-refractivity contribution in [3.8, 4) is 0 Å². The van der Waals surface area contributed by atoms with Crippen LogP contribution in [0.25, 0.3) is 0 Å². The Bertz CT molecular complexity index is 513. The van der Waals surface area contributed by atoms with Gasteiger partial charge in [0.15, 0.2) is 0 Å². The first-order valence-corrected chi connectivity index (χ1v) is 7.77. The molecule has 1 unspecified atom stereocenters. The standard InChI is InChI=1S/C14H18N2S2/c1-9(15)12-5-4-6-13(7-12)17-8-14-16-10(2)11(3)18-14/h4-7,9H,8,15H2,1-3H3. The summed E-state index contributed by atoms with van der Waals surface area (Å²) in [4.78, 5) is 7.13. The van der Waals surface area contributed by atoms with E-state index in [4.69, 9.17) is 5.73 Å². The summed E-state index contributed by atoms with van der Waals surface area (Å²) in [7, 11) is 0. The molecule has 0 aliphatic rings. The monoisotopic (exact) mass is 278 g/mol. The fraction of sp³-hybridized carbons (Fsp3) is 0.357. The normalized spacial score (nSPS) is 12.7. The third-order valence-corrected chi connectivity index (χ3v) is 5.08. The second-order valence-electron chi connectivity index (χ2n) is 4.40. The molecule has 96 valence electrons. The van der Waals surface area contributed by atoms with Crippen molar-refractivity contribution in [1.29, 1.82) is 0 Å². The largest absolute Gasteiger partial charge is 0.324 e. The Morgan fingerprint density at radius 1 is 1.39 bits per heavy atom. The summed E-state index contributed by atoms with van der Waals surface area (Å²) in [5.41, 5.74) is 8.23. The van der Waals surface area contributed by atoms with Crippen LogP contribution in [0.4, 0.5) is 0 Å². The van der Waals surface area contributed by atoms with Crippen LogP contribution in [0.5, 0.6) is 0 Å².